The van der Waals surface area contributed by atoms with E-state index in [-0.39, 0.29) is 33.8 Å². The van der Waals surface area contributed by atoms with Crippen molar-refractivity contribution in [1.29, 1.82) is 0 Å². The average molecular weight is 411 g/mol. The maximum atomic E-state index is 14.1. The highest BCUT2D eigenvalue weighted by atomic mass is 79.9. The summed E-state index contributed by atoms with van der Waals surface area (Å²) in [5.41, 5.74) is 1.40. The van der Waals surface area contributed by atoms with Gasteiger partial charge in [0.1, 0.15) is 0 Å². The topological polar surface area (TPSA) is 17.1 Å². The quantitative estimate of drug-likeness (QED) is 0.433. The zero-order valence-corrected chi connectivity index (χ0v) is 16.4. The maximum absolute atomic E-state index is 14.1. The van der Waals surface area contributed by atoms with Gasteiger partial charge in [-0.1, -0.05) is 35.9 Å². The Balaban J connectivity index is 1.88. The highest BCUT2D eigenvalue weighted by Crippen LogP contribution is 2.67. The Morgan fingerprint density at radius 1 is 1.16 bits per heavy atom. The highest BCUT2D eigenvalue weighted by Gasteiger charge is 2.62. The van der Waals surface area contributed by atoms with Crippen LogP contribution in [0.2, 0.25) is 0 Å². The maximum Gasteiger partial charge on any atom is 0.152 e. The minimum Gasteiger partial charge on any atom is -0.298 e. The molecular formula is C21H25BrF2O. The molecule has 0 radical (unpaired) electrons. The van der Waals surface area contributed by atoms with Crippen LogP contribution in [0.4, 0.5) is 8.78 Å². The molecule has 0 N–H and O–H groups in total. The largest absolute Gasteiger partial charge is 0.298 e. The van der Waals surface area contributed by atoms with Gasteiger partial charge in [-0.25, -0.2) is 8.78 Å². The molecule has 4 aliphatic carbocycles. The first-order valence-electron chi connectivity index (χ1n) is 9.39. The summed E-state index contributed by atoms with van der Waals surface area (Å²) in [6.07, 6.45) is 8.89. The van der Waals surface area contributed by atoms with Crippen LogP contribution in [0.5, 0.6) is 0 Å². The third-order valence-corrected chi connectivity index (χ3v) is 8.63. The Labute approximate surface area is 156 Å². The number of fused-ring (bicyclic) bond motifs is 5. The van der Waals surface area contributed by atoms with E-state index in [9.17, 15) is 13.6 Å². The molecule has 4 aliphatic rings. The zero-order chi connectivity index (χ0) is 18.0. The third kappa shape index (κ3) is 2.18. The minimum atomic E-state index is -0.419. The van der Waals surface area contributed by atoms with E-state index >= 15 is 0 Å². The number of carbonyl (C=O) groups is 1. The normalized spacial score (nSPS) is 49.6. The van der Waals surface area contributed by atoms with E-state index in [4.69, 9.17) is 0 Å². The number of carbonyl (C=O) groups excluding carboxylic acids is 1. The fourth-order valence-corrected chi connectivity index (χ4v) is 7.45. The molecule has 4 rings (SSSR count). The smallest absolute Gasteiger partial charge is 0.152 e. The van der Waals surface area contributed by atoms with Gasteiger partial charge in [-0.15, -0.1) is 0 Å². The first-order chi connectivity index (χ1) is 11.9. The molecule has 4 heteroatoms. The van der Waals surface area contributed by atoms with Crippen LogP contribution < -0.4 is 0 Å². The molecule has 136 valence electrons. The molecule has 0 amide bonds. The summed E-state index contributed by atoms with van der Waals surface area (Å²) in [5, 5.41) is 0. The molecule has 0 unspecified atom stereocenters. The molecule has 0 aliphatic heterocycles. The van der Waals surface area contributed by atoms with E-state index in [1.807, 2.05) is 6.92 Å². The van der Waals surface area contributed by atoms with Crippen molar-refractivity contribution in [3.8, 4) is 0 Å². The van der Waals surface area contributed by atoms with E-state index in [0.717, 1.165) is 44.1 Å². The summed E-state index contributed by atoms with van der Waals surface area (Å²) in [6, 6.07) is 0. The standard InChI is InChI=1S/C21H25BrF2O/c1-20-7-4-3-5-14(20)12(10-23)13(11-24)18-15(20)6-8-21(2)16(18)9-17(22)19(21)25/h5,10-11,15-18H,3-4,6-9H2,1-2H3/b12-10+,13-11-/t15-,16-,17+,18+,20-,21-/m0/s1. The lowest BCUT2D eigenvalue weighted by atomic mass is 9.45. The number of alkyl halides is 1. The van der Waals surface area contributed by atoms with Crippen molar-refractivity contribution >= 4 is 21.7 Å². The summed E-state index contributed by atoms with van der Waals surface area (Å²) in [7, 11) is 0. The van der Waals surface area contributed by atoms with Crippen LogP contribution in [0.25, 0.3) is 0 Å². The van der Waals surface area contributed by atoms with Crippen molar-refractivity contribution in [1.82, 2.24) is 0 Å². The van der Waals surface area contributed by atoms with E-state index in [1.165, 1.54) is 0 Å². The van der Waals surface area contributed by atoms with Crippen molar-refractivity contribution < 1.29 is 13.6 Å². The van der Waals surface area contributed by atoms with Crippen molar-refractivity contribution in [3.05, 3.63) is 35.5 Å². The molecule has 0 spiro atoms. The van der Waals surface area contributed by atoms with Crippen molar-refractivity contribution in [2.45, 2.75) is 57.2 Å². The molecule has 0 heterocycles. The summed E-state index contributed by atoms with van der Waals surface area (Å²) in [4.78, 5) is 12.6. The minimum absolute atomic E-state index is 0.0718. The van der Waals surface area contributed by atoms with E-state index in [2.05, 4.69) is 28.9 Å². The highest BCUT2D eigenvalue weighted by molar-refractivity contribution is 9.10. The monoisotopic (exact) mass is 410 g/mol. The van der Waals surface area contributed by atoms with Gasteiger partial charge >= 0.3 is 0 Å². The van der Waals surface area contributed by atoms with Gasteiger partial charge in [0, 0.05) is 11.0 Å². The van der Waals surface area contributed by atoms with Crippen molar-refractivity contribution in [2.24, 2.45) is 28.6 Å². The first kappa shape index (κ1) is 17.6. The van der Waals surface area contributed by atoms with Crippen LogP contribution in [-0.2, 0) is 4.79 Å². The number of allylic oxidation sites excluding steroid dienone is 4. The van der Waals surface area contributed by atoms with Gasteiger partial charge in [0.15, 0.2) is 5.78 Å². The van der Waals surface area contributed by atoms with Crippen LogP contribution in [-0.4, -0.2) is 10.6 Å². The summed E-state index contributed by atoms with van der Waals surface area (Å²) in [5.74, 6) is 0.543. The molecule has 0 saturated heterocycles. The molecule has 0 aromatic carbocycles. The number of hydrogen-bond donors (Lipinski definition) is 0. The second-order valence-corrected chi connectivity index (χ2v) is 9.88. The lowest BCUT2D eigenvalue weighted by Gasteiger charge is -2.58. The second kappa shape index (κ2) is 5.87. The summed E-state index contributed by atoms with van der Waals surface area (Å²) < 4.78 is 28.0. The zero-order valence-electron chi connectivity index (χ0n) is 14.8. The van der Waals surface area contributed by atoms with Gasteiger partial charge in [0.2, 0.25) is 0 Å². The number of halogens is 3. The lowest BCUT2D eigenvalue weighted by Crippen LogP contribution is -2.51. The molecule has 0 aromatic rings. The molecule has 0 aromatic heterocycles. The van der Waals surface area contributed by atoms with Gasteiger partial charge in [-0.2, -0.15) is 0 Å². The predicted molar refractivity (Wildman–Crippen MR) is 98.6 cm³/mol. The Hall–Kier alpha value is -0.770. The molecule has 1 nitrogen and oxygen atoms in total. The van der Waals surface area contributed by atoms with Crippen LogP contribution in [0.1, 0.15) is 52.4 Å². The number of hydrogen-bond acceptors (Lipinski definition) is 1. The Morgan fingerprint density at radius 3 is 2.60 bits per heavy atom. The van der Waals surface area contributed by atoms with Crippen molar-refractivity contribution in [3.63, 3.8) is 0 Å². The fourth-order valence-electron chi connectivity index (χ4n) is 6.52. The predicted octanol–water partition coefficient (Wildman–Crippen LogP) is 6.21. The molecule has 3 fully saturated rings. The lowest BCUT2D eigenvalue weighted by molar-refractivity contribution is -0.130. The van der Waals surface area contributed by atoms with E-state index < -0.39 is 5.41 Å². The van der Waals surface area contributed by atoms with Crippen LogP contribution in [0, 0.1) is 28.6 Å². The Bertz CT molecular complexity index is 709. The van der Waals surface area contributed by atoms with Gasteiger partial charge < -0.3 is 0 Å². The second-order valence-electron chi connectivity index (χ2n) is 8.78. The van der Waals surface area contributed by atoms with Gasteiger partial charge in [0.25, 0.3) is 0 Å². The third-order valence-electron chi connectivity index (χ3n) is 7.84. The SMILES string of the molecule is C[C@]12CCCC=C1C(=C/F)/C(=C/F)[C@@H]1[C@@H]2CC[C@]2(C)C(=O)[C@H](Br)C[C@@H]12. The molecular weight excluding hydrogens is 386 g/mol. The van der Waals surface area contributed by atoms with Crippen LogP contribution in [0.15, 0.2) is 35.5 Å². The molecule has 6 atom stereocenters. The van der Waals surface area contributed by atoms with Crippen LogP contribution >= 0.6 is 15.9 Å². The van der Waals surface area contributed by atoms with Gasteiger partial charge in [0.05, 0.1) is 17.5 Å². The molecule has 0 bridgehead atoms. The average Bonchev–Trinajstić information content (AvgIpc) is 2.84. The Kier molecular flexibility index (Phi) is 4.14. The number of ketones is 1. The Morgan fingerprint density at radius 2 is 1.92 bits per heavy atom. The fraction of sp³-hybridized carbons (Fsp3) is 0.667. The van der Waals surface area contributed by atoms with E-state index in [1.54, 1.807) is 0 Å². The number of Topliss-reactive ketones (excluding diaryl/α,β-unsaturated/α-hetero) is 1. The van der Waals surface area contributed by atoms with Gasteiger partial charge in [-0.05, 0) is 72.8 Å². The van der Waals surface area contributed by atoms with Gasteiger partial charge in [-0.3, -0.25) is 4.79 Å². The van der Waals surface area contributed by atoms with Crippen LogP contribution in [0.3, 0.4) is 0 Å². The summed E-state index contributed by atoms with van der Waals surface area (Å²) in [6.45, 7) is 4.28. The number of rotatable bonds is 0. The molecule has 3 saturated carbocycles. The summed E-state index contributed by atoms with van der Waals surface area (Å²) >= 11 is 3.54. The molecule has 25 heavy (non-hydrogen) atoms. The first-order valence-corrected chi connectivity index (χ1v) is 10.3. The van der Waals surface area contributed by atoms with E-state index in [0.29, 0.717) is 23.8 Å². The van der Waals surface area contributed by atoms with Crippen molar-refractivity contribution in [2.75, 3.05) is 0 Å².